The Morgan fingerprint density at radius 2 is 1.26 bits per heavy atom. The number of halogens is 1. The number of nitrogen functional groups attached to an aromatic ring is 1. The molecule has 1 aliphatic carbocycles. The van der Waals surface area contributed by atoms with Gasteiger partial charge in [0.25, 0.3) is 0 Å². The molecule has 0 spiro atoms. The van der Waals surface area contributed by atoms with Gasteiger partial charge < -0.3 is 23.0 Å². The molecule has 0 unspecified atom stereocenters. The second-order valence-electron chi connectivity index (χ2n) is 6.88. The van der Waals surface area contributed by atoms with E-state index in [1.807, 2.05) is 12.1 Å². The molecule has 140 valence electrons. The van der Waals surface area contributed by atoms with Crippen LogP contribution in [-0.4, -0.2) is 38.5 Å². The van der Waals surface area contributed by atoms with Gasteiger partial charge >= 0.3 is 0 Å². The van der Waals surface area contributed by atoms with Gasteiger partial charge in [0, 0.05) is 37.6 Å². The maximum atomic E-state index is 5.89. The maximum Gasteiger partial charge on any atom is 0.199 e. The molecule has 0 saturated heterocycles. The summed E-state index contributed by atoms with van der Waals surface area (Å²) in [6, 6.07) is 16.8. The van der Waals surface area contributed by atoms with Crippen molar-refractivity contribution in [2.24, 2.45) is 0 Å². The van der Waals surface area contributed by atoms with E-state index in [-0.39, 0.29) is 12.4 Å². The van der Waals surface area contributed by atoms with Gasteiger partial charge in [-0.3, -0.25) is 0 Å². The minimum Gasteiger partial charge on any atom is -1.00 e. The Bertz CT molecular complexity index is 893. The number of hydrogen-bond donors (Lipinski definition) is 1. The van der Waals surface area contributed by atoms with Crippen molar-refractivity contribution in [1.82, 2.24) is 0 Å². The highest BCUT2D eigenvalue weighted by Gasteiger charge is 2.13. The standard InChI is InChI=1S/C23H25N3.ClH/c1-25(2)21-13-7-18(8-14-21)23(17-5-11-20(24)12-6-17)19-9-15-22(16-10-19)26(3)4;/h5-16,24H,1-4H3;1H. The van der Waals surface area contributed by atoms with Crippen molar-refractivity contribution < 1.29 is 17.0 Å². The molecule has 2 N–H and O–H groups in total. The number of rotatable bonds is 3. The number of benzene rings is 2. The molecule has 3 rings (SSSR count). The first-order valence-electron chi connectivity index (χ1n) is 8.74. The third-order valence-corrected chi connectivity index (χ3v) is 4.54. The highest BCUT2D eigenvalue weighted by molar-refractivity contribution is 6.04. The van der Waals surface area contributed by atoms with Crippen molar-refractivity contribution >= 4 is 22.7 Å². The van der Waals surface area contributed by atoms with Crippen LogP contribution < -0.4 is 23.0 Å². The summed E-state index contributed by atoms with van der Waals surface area (Å²) in [6.07, 6.45) is 8.67. The predicted octanol–water partition coefficient (Wildman–Crippen LogP) is 0.980. The first-order valence-corrected chi connectivity index (χ1v) is 8.74. The Labute approximate surface area is 168 Å². The molecule has 0 fully saturated rings. The fourth-order valence-electron chi connectivity index (χ4n) is 3.00. The average molecular weight is 380 g/mol. The number of nitrogens with zero attached hydrogens (tertiary/aromatic N) is 2. The Balaban J connectivity index is 0.00000261. The molecular formula is C23H26ClN3. The van der Waals surface area contributed by atoms with E-state index in [1.54, 1.807) is 0 Å². The first-order chi connectivity index (χ1) is 12.5. The quantitative estimate of drug-likeness (QED) is 0.637. The molecule has 2 aromatic rings. The zero-order valence-corrected chi connectivity index (χ0v) is 17.0. The van der Waals surface area contributed by atoms with Gasteiger partial charge in [0.1, 0.15) is 14.1 Å². The molecule has 4 heteroatoms. The minimum absolute atomic E-state index is 0. The Kier molecular flexibility index (Phi) is 6.65. The summed E-state index contributed by atoms with van der Waals surface area (Å²) in [6.45, 7) is 0. The number of allylic oxidation sites excluding steroid dienone is 5. The molecule has 1 aliphatic rings. The molecular weight excluding hydrogens is 354 g/mol. The van der Waals surface area contributed by atoms with E-state index in [4.69, 9.17) is 5.73 Å². The second-order valence-corrected chi connectivity index (χ2v) is 6.88. The van der Waals surface area contributed by atoms with Crippen LogP contribution in [-0.2, 0) is 0 Å². The van der Waals surface area contributed by atoms with Crippen LogP contribution in [0.1, 0.15) is 11.1 Å². The SMILES string of the molecule is CN(C)c1ccc(C(=C2C=CC(=[N+](C)C)C=C2)c2ccc(N)cc2)cc1.[Cl-]. The molecule has 0 aliphatic heterocycles. The smallest absolute Gasteiger partial charge is 0.199 e. The van der Waals surface area contributed by atoms with Crippen LogP contribution in [0, 0.1) is 0 Å². The fraction of sp³-hybridized carbons (Fsp3) is 0.174. The van der Waals surface area contributed by atoms with Crippen molar-refractivity contribution in [3.8, 4) is 0 Å². The summed E-state index contributed by atoms with van der Waals surface area (Å²) in [5.74, 6) is 0. The lowest BCUT2D eigenvalue weighted by atomic mass is 9.90. The van der Waals surface area contributed by atoms with Crippen LogP contribution >= 0.6 is 0 Å². The van der Waals surface area contributed by atoms with E-state index in [1.165, 1.54) is 28.1 Å². The first kappa shape index (κ1) is 20.5. The third-order valence-electron chi connectivity index (χ3n) is 4.54. The van der Waals surface area contributed by atoms with Gasteiger partial charge in [0.2, 0.25) is 0 Å². The van der Waals surface area contributed by atoms with Gasteiger partial charge in [-0.1, -0.05) is 24.3 Å². The van der Waals surface area contributed by atoms with Crippen molar-refractivity contribution in [1.29, 1.82) is 0 Å². The van der Waals surface area contributed by atoms with Crippen molar-refractivity contribution in [3.05, 3.63) is 89.5 Å². The summed E-state index contributed by atoms with van der Waals surface area (Å²) in [5.41, 5.74) is 13.8. The lowest BCUT2D eigenvalue weighted by molar-refractivity contribution is -0.462. The molecule has 2 aromatic carbocycles. The van der Waals surface area contributed by atoms with E-state index in [0.29, 0.717) is 0 Å². The molecule has 0 bridgehead atoms. The number of hydrogen-bond acceptors (Lipinski definition) is 2. The molecule has 0 aromatic heterocycles. The van der Waals surface area contributed by atoms with E-state index < -0.39 is 0 Å². The van der Waals surface area contributed by atoms with Crippen LogP contribution in [0.2, 0.25) is 0 Å². The predicted molar refractivity (Wildman–Crippen MR) is 113 cm³/mol. The Hall–Kier alpha value is -2.78. The molecule has 0 heterocycles. The summed E-state index contributed by atoms with van der Waals surface area (Å²) < 4.78 is 2.11. The second kappa shape index (κ2) is 8.74. The highest BCUT2D eigenvalue weighted by Crippen LogP contribution is 2.31. The maximum absolute atomic E-state index is 5.89. The summed E-state index contributed by atoms with van der Waals surface area (Å²) in [5, 5.41) is 0. The van der Waals surface area contributed by atoms with Crippen LogP contribution in [0.5, 0.6) is 0 Å². The third kappa shape index (κ3) is 4.69. The van der Waals surface area contributed by atoms with Crippen LogP contribution in [0.25, 0.3) is 5.57 Å². The lowest BCUT2D eigenvalue weighted by Gasteiger charge is -2.16. The van der Waals surface area contributed by atoms with Crippen LogP contribution in [0.15, 0.2) is 78.4 Å². The summed E-state index contributed by atoms with van der Waals surface area (Å²) in [7, 11) is 8.22. The van der Waals surface area contributed by atoms with Crippen LogP contribution in [0.3, 0.4) is 0 Å². The van der Waals surface area contributed by atoms with Crippen molar-refractivity contribution in [3.63, 3.8) is 0 Å². The topological polar surface area (TPSA) is 32.3 Å². The Morgan fingerprint density at radius 3 is 1.70 bits per heavy atom. The fourth-order valence-corrected chi connectivity index (χ4v) is 3.00. The zero-order chi connectivity index (χ0) is 18.7. The average Bonchev–Trinajstić information content (AvgIpc) is 2.64. The van der Waals surface area contributed by atoms with Gasteiger partial charge in [-0.15, -0.1) is 0 Å². The number of nitrogens with two attached hydrogens (primary N) is 1. The van der Waals surface area contributed by atoms with Gasteiger partial charge in [0.15, 0.2) is 5.71 Å². The monoisotopic (exact) mass is 379 g/mol. The molecule has 0 saturated carbocycles. The normalized spacial score (nSPS) is 12.6. The van der Waals surface area contributed by atoms with Gasteiger partial charge in [0.05, 0.1) is 0 Å². The molecule has 0 amide bonds. The van der Waals surface area contributed by atoms with Gasteiger partial charge in [-0.05, 0) is 58.7 Å². The van der Waals surface area contributed by atoms with E-state index in [0.717, 1.165) is 11.3 Å². The van der Waals surface area contributed by atoms with Gasteiger partial charge in [-0.25, -0.2) is 4.58 Å². The minimum atomic E-state index is 0. The number of anilines is 2. The largest absolute Gasteiger partial charge is 1.00 e. The summed E-state index contributed by atoms with van der Waals surface area (Å²) >= 11 is 0. The van der Waals surface area contributed by atoms with E-state index >= 15 is 0 Å². The molecule has 0 atom stereocenters. The lowest BCUT2D eigenvalue weighted by Crippen LogP contribution is -3.00. The van der Waals surface area contributed by atoms with Crippen molar-refractivity contribution in [2.75, 3.05) is 38.8 Å². The molecule has 3 nitrogen and oxygen atoms in total. The van der Waals surface area contributed by atoms with Crippen LogP contribution in [0.4, 0.5) is 11.4 Å². The zero-order valence-electron chi connectivity index (χ0n) is 16.3. The summed E-state index contributed by atoms with van der Waals surface area (Å²) in [4.78, 5) is 2.11. The van der Waals surface area contributed by atoms with E-state index in [9.17, 15) is 0 Å². The van der Waals surface area contributed by atoms with Crippen molar-refractivity contribution in [2.45, 2.75) is 0 Å². The molecule has 27 heavy (non-hydrogen) atoms. The Morgan fingerprint density at radius 1 is 0.778 bits per heavy atom. The van der Waals surface area contributed by atoms with E-state index in [2.05, 4.69) is 98.4 Å². The molecule has 0 radical (unpaired) electrons. The highest BCUT2D eigenvalue weighted by atomic mass is 35.5. The van der Waals surface area contributed by atoms with Gasteiger partial charge in [-0.2, -0.15) is 0 Å².